The molecule has 0 spiro atoms. The number of carbonyl (C=O) groups is 1. The molecular weight excluding hydrogens is 240 g/mol. The van der Waals surface area contributed by atoms with Gasteiger partial charge in [-0.05, 0) is 37.2 Å². The van der Waals surface area contributed by atoms with Crippen molar-refractivity contribution in [3.63, 3.8) is 0 Å². The Hall–Kier alpha value is -1.15. The van der Waals surface area contributed by atoms with Crippen molar-refractivity contribution in [3.8, 4) is 0 Å². The molecular formula is C16H16OS. The quantitative estimate of drug-likeness (QED) is 0.722. The van der Waals surface area contributed by atoms with Gasteiger partial charge in [-0.25, -0.2) is 0 Å². The van der Waals surface area contributed by atoms with Gasteiger partial charge in [0.15, 0.2) is 5.78 Å². The van der Waals surface area contributed by atoms with Crippen LogP contribution in [0.4, 0.5) is 0 Å². The zero-order chi connectivity index (χ0) is 12.1. The molecule has 92 valence electrons. The molecule has 4 rings (SSSR count). The molecule has 0 saturated heterocycles. The van der Waals surface area contributed by atoms with Gasteiger partial charge in [-0.1, -0.05) is 24.6 Å². The fraction of sp³-hybridized carbons (Fsp3) is 0.438. The van der Waals surface area contributed by atoms with Crippen LogP contribution >= 0.6 is 11.3 Å². The maximum Gasteiger partial charge on any atom is 0.167 e. The summed E-state index contributed by atoms with van der Waals surface area (Å²) in [5.74, 6) is 2.26. The molecule has 1 heterocycles. The fourth-order valence-electron chi connectivity index (χ4n) is 3.93. The molecule has 2 aromatic rings. The van der Waals surface area contributed by atoms with E-state index in [-0.39, 0.29) is 0 Å². The second kappa shape index (κ2) is 3.92. The van der Waals surface area contributed by atoms with Crippen molar-refractivity contribution in [3.05, 3.63) is 35.2 Å². The van der Waals surface area contributed by atoms with Gasteiger partial charge in [-0.3, -0.25) is 4.79 Å². The van der Waals surface area contributed by atoms with Crippen LogP contribution in [-0.2, 0) is 0 Å². The maximum absolute atomic E-state index is 12.7. The molecule has 0 amide bonds. The number of rotatable bonds is 2. The number of benzene rings is 1. The number of Topliss-reactive ketones (excluding diaryl/α,β-unsaturated/α-hetero) is 1. The predicted octanol–water partition coefficient (Wildman–Crippen LogP) is 4.52. The molecule has 2 bridgehead atoms. The van der Waals surface area contributed by atoms with Gasteiger partial charge in [0, 0.05) is 26.9 Å². The summed E-state index contributed by atoms with van der Waals surface area (Å²) in [6.45, 7) is 0. The van der Waals surface area contributed by atoms with Crippen molar-refractivity contribution in [2.75, 3.05) is 0 Å². The highest BCUT2D eigenvalue weighted by atomic mass is 32.1. The minimum Gasteiger partial charge on any atom is -0.294 e. The predicted molar refractivity (Wildman–Crippen MR) is 75.1 cm³/mol. The molecule has 0 N–H and O–H groups in total. The third-order valence-electron chi connectivity index (χ3n) is 4.82. The zero-order valence-electron chi connectivity index (χ0n) is 10.3. The minimum absolute atomic E-state index is 0.321. The second-order valence-corrected chi connectivity index (χ2v) is 6.70. The molecule has 0 radical (unpaired) electrons. The third kappa shape index (κ3) is 1.48. The Morgan fingerprint density at radius 1 is 1.17 bits per heavy atom. The van der Waals surface area contributed by atoms with Crippen molar-refractivity contribution in [2.45, 2.75) is 25.7 Å². The summed E-state index contributed by atoms with van der Waals surface area (Å²) < 4.78 is 1.24. The Bertz CT molecular complexity index is 612. The Morgan fingerprint density at radius 2 is 2.06 bits per heavy atom. The molecule has 2 aliphatic carbocycles. The number of fused-ring (bicyclic) bond motifs is 3. The standard InChI is InChI=1S/C16H16OS/c17-16(13-8-10-5-6-11(13)7-10)14-9-18-15-4-2-1-3-12(14)15/h1-4,9-11,13H,5-8H2. The SMILES string of the molecule is O=C(c1csc2ccccc12)C1CC2CCC1C2. The van der Waals surface area contributed by atoms with Gasteiger partial charge in [0.2, 0.25) is 0 Å². The Morgan fingerprint density at radius 3 is 2.83 bits per heavy atom. The number of thiophene rings is 1. The van der Waals surface area contributed by atoms with Crippen molar-refractivity contribution < 1.29 is 4.79 Å². The summed E-state index contributed by atoms with van der Waals surface area (Å²) in [5.41, 5.74) is 0.980. The van der Waals surface area contributed by atoms with Crippen LogP contribution in [0.5, 0.6) is 0 Å². The van der Waals surface area contributed by atoms with E-state index in [0.29, 0.717) is 17.6 Å². The topological polar surface area (TPSA) is 17.1 Å². The summed E-state index contributed by atoms with van der Waals surface area (Å²) in [7, 11) is 0. The van der Waals surface area contributed by atoms with Crippen LogP contribution in [0.25, 0.3) is 10.1 Å². The van der Waals surface area contributed by atoms with Crippen LogP contribution < -0.4 is 0 Å². The van der Waals surface area contributed by atoms with Gasteiger partial charge in [0.25, 0.3) is 0 Å². The van der Waals surface area contributed by atoms with Crippen LogP contribution in [-0.4, -0.2) is 5.78 Å². The second-order valence-electron chi connectivity index (χ2n) is 5.79. The molecule has 2 aliphatic rings. The summed E-state index contributed by atoms with van der Waals surface area (Å²) in [4.78, 5) is 12.7. The number of hydrogen-bond donors (Lipinski definition) is 0. The molecule has 3 atom stereocenters. The zero-order valence-corrected chi connectivity index (χ0v) is 11.1. The fourth-order valence-corrected chi connectivity index (χ4v) is 4.88. The summed E-state index contributed by atoms with van der Waals surface area (Å²) in [5, 5.41) is 3.23. The smallest absolute Gasteiger partial charge is 0.167 e. The average Bonchev–Trinajstić information content (AvgIpc) is 3.12. The molecule has 2 heteroatoms. The lowest BCUT2D eigenvalue weighted by Crippen LogP contribution is -2.20. The van der Waals surface area contributed by atoms with Crippen LogP contribution in [0, 0.1) is 17.8 Å². The largest absolute Gasteiger partial charge is 0.294 e. The van der Waals surface area contributed by atoms with Crippen molar-refractivity contribution >= 4 is 27.2 Å². The molecule has 0 aliphatic heterocycles. The molecule has 1 aromatic heterocycles. The summed E-state index contributed by atoms with van der Waals surface area (Å²) in [6.07, 6.45) is 5.09. The van der Waals surface area contributed by atoms with Gasteiger partial charge >= 0.3 is 0 Å². The maximum atomic E-state index is 12.7. The van der Waals surface area contributed by atoms with E-state index in [4.69, 9.17) is 0 Å². The van der Waals surface area contributed by atoms with E-state index in [2.05, 4.69) is 17.5 Å². The van der Waals surface area contributed by atoms with Crippen molar-refractivity contribution in [2.24, 2.45) is 17.8 Å². The Labute approximate surface area is 111 Å². The minimum atomic E-state index is 0.321. The van der Waals surface area contributed by atoms with Crippen LogP contribution in [0.15, 0.2) is 29.6 Å². The molecule has 18 heavy (non-hydrogen) atoms. The van der Waals surface area contributed by atoms with Gasteiger partial charge in [-0.2, -0.15) is 0 Å². The highest BCUT2D eigenvalue weighted by Gasteiger charge is 2.43. The van der Waals surface area contributed by atoms with Crippen LogP contribution in [0.2, 0.25) is 0 Å². The van der Waals surface area contributed by atoms with E-state index in [0.717, 1.165) is 23.3 Å². The van der Waals surface area contributed by atoms with Gasteiger partial charge in [0.1, 0.15) is 0 Å². The lowest BCUT2D eigenvalue weighted by molar-refractivity contribution is 0.0877. The van der Waals surface area contributed by atoms with Gasteiger partial charge in [0.05, 0.1) is 0 Å². The molecule has 3 unspecified atom stereocenters. The lowest BCUT2D eigenvalue weighted by Gasteiger charge is -2.19. The van der Waals surface area contributed by atoms with E-state index >= 15 is 0 Å². The van der Waals surface area contributed by atoms with Crippen LogP contribution in [0.1, 0.15) is 36.0 Å². The first-order valence-corrected chi connectivity index (χ1v) is 7.71. The first-order chi connectivity index (χ1) is 8.83. The van der Waals surface area contributed by atoms with Gasteiger partial charge < -0.3 is 0 Å². The summed E-state index contributed by atoms with van der Waals surface area (Å²) >= 11 is 1.70. The molecule has 1 nitrogen and oxygen atoms in total. The van der Waals surface area contributed by atoms with Crippen molar-refractivity contribution in [1.29, 1.82) is 0 Å². The molecule has 1 aromatic carbocycles. The van der Waals surface area contributed by atoms with E-state index in [1.54, 1.807) is 11.3 Å². The number of hydrogen-bond acceptors (Lipinski definition) is 2. The number of carbonyl (C=O) groups excluding carboxylic acids is 1. The normalized spacial score (nSPS) is 30.1. The highest BCUT2D eigenvalue weighted by molar-refractivity contribution is 7.17. The van der Waals surface area contributed by atoms with E-state index < -0.39 is 0 Å². The Kier molecular flexibility index (Phi) is 2.34. The molecule has 2 fully saturated rings. The third-order valence-corrected chi connectivity index (χ3v) is 5.78. The summed E-state index contributed by atoms with van der Waals surface area (Å²) in [6, 6.07) is 8.28. The van der Waals surface area contributed by atoms with Crippen LogP contribution in [0.3, 0.4) is 0 Å². The first kappa shape index (κ1) is 10.7. The highest BCUT2D eigenvalue weighted by Crippen LogP contribution is 2.49. The molecule has 2 saturated carbocycles. The first-order valence-electron chi connectivity index (χ1n) is 6.83. The van der Waals surface area contributed by atoms with Gasteiger partial charge in [-0.15, -0.1) is 11.3 Å². The number of ketones is 1. The van der Waals surface area contributed by atoms with Crippen molar-refractivity contribution in [1.82, 2.24) is 0 Å². The van der Waals surface area contributed by atoms with E-state index in [1.807, 2.05) is 12.1 Å². The lowest BCUT2D eigenvalue weighted by atomic mass is 9.83. The average molecular weight is 256 g/mol. The Balaban J connectivity index is 1.72. The monoisotopic (exact) mass is 256 g/mol. The van der Waals surface area contributed by atoms with E-state index in [1.165, 1.54) is 24.0 Å². The van der Waals surface area contributed by atoms with E-state index in [9.17, 15) is 4.79 Å².